The largest absolute Gasteiger partial charge is 0.344 e. The topological polar surface area (TPSA) is 35.5 Å². The van der Waals surface area contributed by atoms with E-state index in [2.05, 4.69) is 0 Å². The van der Waals surface area contributed by atoms with Crippen molar-refractivity contribution in [1.29, 1.82) is 0 Å². The van der Waals surface area contributed by atoms with Gasteiger partial charge in [0.1, 0.15) is 0 Å². The molecule has 0 saturated carbocycles. The van der Waals surface area contributed by atoms with Crippen LogP contribution >= 0.6 is 0 Å². The van der Waals surface area contributed by atoms with Crippen molar-refractivity contribution >= 4 is 5.78 Å². The molecule has 0 N–H and O–H groups in total. The van der Waals surface area contributed by atoms with Gasteiger partial charge in [0.2, 0.25) is 0 Å². The van der Waals surface area contributed by atoms with Gasteiger partial charge in [-0.3, -0.25) is 4.79 Å². The normalized spacial score (nSPS) is 29.4. The van der Waals surface area contributed by atoms with Crippen molar-refractivity contribution in [3.63, 3.8) is 0 Å². The fraction of sp³-hybridized carbons (Fsp3) is 0.727. The molecule has 0 unspecified atom stereocenters. The maximum atomic E-state index is 11.8. The molecule has 3 heteroatoms. The lowest BCUT2D eigenvalue weighted by atomic mass is 9.74. The van der Waals surface area contributed by atoms with Crippen molar-refractivity contribution in [2.45, 2.75) is 33.0 Å². The minimum Gasteiger partial charge on any atom is -0.344 e. The lowest BCUT2D eigenvalue weighted by molar-refractivity contribution is -0.157. The molecule has 0 bridgehead atoms. The Morgan fingerprint density at radius 2 is 1.86 bits per heavy atom. The maximum absolute atomic E-state index is 11.8. The number of allylic oxidation sites excluding steroid dienone is 1. The summed E-state index contributed by atoms with van der Waals surface area (Å²) in [6.45, 7) is 6.95. The van der Waals surface area contributed by atoms with Crippen LogP contribution in [0.4, 0.5) is 0 Å². The zero-order chi connectivity index (χ0) is 10.4. The Morgan fingerprint density at radius 3 is 2.36 bits per heavy atom. The number of hydrogen-bond acceptors (Lipinski definition) is 3. The van der Waals surface area contributed by atoms with Gasteiger partial charge >= 0.3 is 0 Å². The van der Waals surface area contributed by atoms with Gasteiger partial charge in [-0.25, -0.2) is 0 Å². The molecule has 0 amide bonds. The number of ketones is 1. The molecule has 3 nitrogen and oxygen atoms in total. The Labute approximate surface area is 84.1 Å². The van der Waals surface area contributed by atoms with E-state index in [0.717, 1.165) is 5.57 Å². The second-order valence-electron chi connectivity index (χ2n) is 4.73. The number of rotatable bonds is 0. The summed E-state index contributed by atoms with van der Waals surface area (Å²) in [7, 11) is 0. The van der Waals surface area contributed by atoms with Gasteiger partial charge in [-0.15, -0.1) is 0 Å². The fourth-order valence-electron chi connectivity index (χ4n) is 2.33. The van der Waals surface area contributed by atoms with Crippen molar-refractivity contribution in [3.05, 3.63) is 11.6 Å². The van der Waals surface area contributed by atoms with E-state index in [1.54, 1.807) is 0 Å². The number of ether oxygens (including phenoxy) is 2. The van der Waals surface area contributed by atoms with Crippen molar-refractivity contribution in [3.8, 4) is 0 Å². The molecule has 0 radical (unpaired) electrons. The molecular formula is C11H16O3. The third-order valence-corrected chi connectivity index (χ3v) is 2.87. The summed E-state index contributed by atoms with van der Waals surface area (Å²) < 4.78 is 11.2. The SMILES string of the molecule is CC1=CC2(CC(C)(C)C1=O)OCCO2. The summed E-state index contributed by atoms with van der Waals surface area (Å²) >= 11 is 0. The van der Waals surface area contributed by atoms with Gasteiger partial charge in [0.15, 0.2) is 11.6 Å². The summed E-state index contributed by atoms with van der Waals surface area (Å²) in [6, 6.07) is 0. The van der Waals surface area contributed by atoms with Gasteiger partial charge in [0.05, 0.1) is 13.2 Å². The molecule has 1 aliphatic carbocycles. The number of carbonyl (C=O) groups is 1. The molecule has 1 aliphatic heterocycles. The monoisotopic (exact) mass is 196 g/mol. The highest BCUT2D eigenvalue weighted by Crippen LogP contribution is 2.41. The molecule has 2 aliphatic rings. The minimum atomic E-state index is -0.624. The fourth-order valence-corrected chi connectivity index (χ4v) is 2.33. The number of carbonyl (C=O) groups excluding carboxylic acids is 1. The molecule has 14 heavy (non-hydrogen) atoms. The summed E-state index contributed by atoms with van der Waals surface area (Å²) in [4.78, 5) is 11.8. The van der Waals surface area contributed by atoms with Crippen LogP contribution in [0.3, 0.4) is 0 Å². The van der Waals surface area contributed by atoms with Gasteiger partial charge in [-0.2, -0.15) is 0 Å². The predicted molar refractivity (Wildman–Crippen MR) is 51.8 cm³/mol. The second-order valence-corrected chi connectivity index (χ2v) is 4.73. The van der Waals surface area contributed by atoms with Gasteiger partial charge in [0, 0.05) is 11.8 Å². The van der Waals surface area contributed by atoms with Crippen LogP contribution in [0.5, 0.6) is 0 Å². The Kier molecular flexibility index (Phi) is 2.05. The smallest absolute Gasteiger partial charge is 0.189 e. The lowest BCUT2D eigenvalue weighted by Gasteiger charge is -2.37. The van der Waals surface area contributed by atoms with Crippen LogP contribution in [-0.4, -0.2) is 24.8 Å². The van der Waals surface area contributed by atoms with E-state index >= 15 is 0 Å². The standard InChI is InChI=1S/C11H16O3/c1-8-6-11(13-4-5-14-11)7-10(2,3)9(8)12/h6H,4-5,7H2,1-3H3. The van der Waals surface area contributed by atoms with Crippen LogP contribution in [0.25, 0.3) is 0 Å². The minimum absolute atomic E-state index is 0.197. The summed E-state index contributed by atoms with van der Waals surface area (Å²) in [5, 5.41) is 0. The van der Waals surface area contributed by atoms with E-state index < -0.39 is 5.79 Å². The molecular weight excluding hydrogens is 180 g/mol. The number of Topliss-reactive ketones (excluding diaryl/α,β-unsaturated/α-hetero) is 1. The van der Waals surface area contributed by atoms with E-state index in [-0.39, 0.29) is 11.2 Å². The molecule has 0 atom stereocenters. The first-order valence-corrected chi connectivity index (χ1v) is 4.97. The van der Waals surface area contributed by atoms with Crippen LogP contribution in [0.2, 0.25) is 0 Å². The van der Waals surface area contributed by atoms with Crippen molar-refractivity contribution in [2.75, 3.05) is 13.2 Å². The summed E-state index contributed by atoms with van der Waals surface area (Å²) in [5.41, 5.74) is 0.381. The van der Waals surface area contributed by atoms with E-state index in [9.17, 15) is 4.79 Å². The molecule has 1 heterocycles. The zero-order valence-electron chi connectivity index (χ0n) is 8.92. The van der Waals surface area contributed by atoms with E-state index in [4.69, 9.17) is 9.47 Å². The van der Waals surface area contributed by atoms with Crippen LogP contribution in [0.15, 0.2) is 11.6 Å². The zero-order valence-corrected chi connectivity index (χ0v) is 8.92. The third-order valence-electron chi connectivity index (χ3n) is 2.87. The van der Waals surface area contributed by atoms with E-state index in [0.29, 0.717) is 19.6 Å². The van der Waals surface area contributed by atoms with E-state index in [1.165, 1.54) is 0 Å². The first-order valence-electron chi connectivity index (χ1n) is 4.97. The van der Waals surface area contributed by atoms with Gasteiger partial charge < -0.3 is 9.47 Å². The molecule has 1 fully saturated rings. The Hall–Kier alpha value is -0.670. The Bertz CT molecular complexity index is 296. The van der Waals surface area contributed by atoms with Crippen molar-refractivity contribution in [1.82, 2.24) is 0 Å². The molecule has 0 aromatic carbocycles. The van der Waals surface area contributed by atoms with Gasteiger partial charge in [-0.05, 0) is 18.6 Å². The molecule has 0 aromatic rings. The van der Waals surface area contributed by atoms with Crippen LogP contribution < -0.4 is 0 Å². The average molecular weight is 196 g/mol. The van der Waals surface area contributed by atoms with Crippen molar-refractivity contribution < 1.29 is 14.3 Å². The summed E-state index contributed by atoms with van der Waals surface area (Å²) in [6.07, 6.45) is 2.45. The quantitative estimate of drug-likeness (QED) is 0.591. The highest BCUT2D eigenvalue weighted by Gasteiger charge is 2.47. The highest BCUT2D eigenvalue weighted by molar-refractivity contribution is 6.00. The first kappa shape index (κ1) is 9.87. The lowest BCUT2D eigenvalue weighted by Crippen LogP contribution is -2.43. The highest BCUT2D eigenvalue weighted by atomic mass is 16.7. The molecule has 78 valence electrons. The predicted octanol–water partition coefficient (Wildman–Crippen LogP) is 1.67. The molecule has 2 rings (SSSR count). The summed E-state index contributed by atoms with van der Waals surface area (Å²) in [5.74, 6) is -0.427. The van der Waals surface area contributed by atoms with Crippen molar-refractivity contribution in [2.24, 2.45) is 5.41 Å². The first-order chi connectivity index (χ1) is 6.45. The maximum Gasteiger partial charge on any atom is 0.189 e. The Morgan fingerprint density at radius 1 is 1.29 bits per heavy atom. The van der Waals surface area contributed by atoms with Crippen LogP contribution in [-0.2, 0) is 14.3 Å². The second kappa shape index (κ2) is 2.91. The van der Waals surface area contributed by atoms with Crippen LogP contribution in [0.1, 0.15) is 27.2 Å². The molecule has 1 spiro atoms. The molecule has 0 aromatic heterocycles. The molecule has 1 saturated heterocycles. The van der Waals surface area contributed by atoms with E-state index in [1.807, 2.05) is 26.8 Å². The van der Waals surface area contributed by atoms with Gasteiger partial charge in [-0.1, -0.05) is 13.8 Å². The third kappa shape index (κ3) is 1.41. The van der Waals surface area contributed by atoms with Crippen LogP contribution in [0, 0.1) is 5.41 Å². The number of hydrogen-bond donors (Lipinski definition) is 0. The Balaban J connectivity index is 2.36. The average Bonchev–Trinajstić information content (AvgIpc) is 2.48. The van der Waals surface area contributed by atoms with Gasteiger partial charge in [0.25, 0.3) is 0 Å².